The van der Waals surface area contributed by atoms with Crippen molar-refractivity contribution in [1.29, 1.82) is 0 Å². The number of hydrogen-bond acceptors (Lipinski definition) is 3. The summed E-state index contributed by atoms with van der Waals surface area (Å²) in [6.07, 6.45) is 1.90. The van der Waals surface area contributed by atoms with E-state index in [1.807, 2.05) is 52.0 Å². The van der Waals surface area contributed by atoms with E-state index in [2.05, 4.69) is 5.32 Å². The van der Waals surface area contributed by atoms with Gasteiger partial charge in [-0.3, -0.25) is 9.69 Å². The lowest BCUT2D eigenvalue weighted by Crippen LogP contribution is -2.45. The molecule has 5 nitrogen and oxygen atoms in total. The summed E-state index contributed by atoms with van der Waals surface area (Å²) in [5.74, 6) is -0.144. The summed E-state index contributed by atoms with van der Waals surface area (Å²) >= 11 is 0. The fraction of sp³-hybridized carbons (Fsp3) is 0.556. The zero-order valence-corrected chi connectivity index (χ0v) is 14.4. The van der Waals surface area contributed by atoms with Crippen molar-refractivity contribution in [3.05, 3.63) is 29.8 Å². The van der Waals surface area contributed by atoms with Crippen LogP contribution in [0.4, 0.5) is 10.5 Å². The van der Waals surface area contributed by atoms with E-state index in [1.54, 1.807) is 0 Å². The fourth-order valence-corrected chi connectivity index (χ4v) is 2.74. The molecular weight excluding hydrogens is 292 g/mol. The van der Waals surface area contributed by atoms with Gasteiger partial charge >= 0.3 is 6.09 Å². The average molecular weight is 318 g/mol. The third-order valence-corrected chi connectivity index (χ3v) is 3.84. The Kier molecular flexibility index (Phi) is 5.29. The minimum atomic E-state index is -0.560. The highest BCUT2D eigenvalue weighted by Gasteiger charge is 2.36. The van der Waals surface area contributed by atoms with Crippen LogP contribution in [0.1, 0.15) is 46.1 Å². The van der Waals surface area contributed by atoms with E-state index in [0.717, 1.165) is 24.1 Å². The van der Waals surface area contributed by atoms with Gasteiger partial charge in [0.05, 0.1) is 0 Å². The van der Waals surface area contributed by atoms with Gasteiger partial charge in [-0.05, 0) is 51.7 Å². The number of hydrogen-bond donors (Lipinski definition) is 1. The summed E-state index contributed by atoms with van der Waals surface area (Å²) < 4.78 is 5.40. The van der Waals surface area contributed by atoms with Crippen molar-refractivity contribution in [3.8, 4) is 0 Å². The Morgan fingerprint density at radius 2 is 2.00 bits per heavy atom. The van der Waals surface area contributed by atoms with Crippen LogP contribution >= 0.6 is 0 Å². The lowest BCUT2D eigenvalue weighted by molar-refractivity contribution is -0.120. The molecule has 2 rings (SSSR count). The van der Waals surface area contributed by atoms with Gasteiger partial charge in [0.15, 0.2) is 0 Å². The number of carbonyl (C=O) groups is 2. The molecule has 2 amide bonds. The SMILES string of the molecule is CCc1ccccc1NC(=O)C1CCCN1C(=O)OC(C)(C)C. The minimum absolute atomic E-state index is 0.144. The van der Waals surface area contributed by atoms with Crippen LogP contribution in [0.25, 0.3) is 0 Å². The van der Waals surface area contributed by atoms with Crippen molar-refractivity contribution in [2.24, 2.45) is 0 Å². The molecule has 1 aliphatic heterocycles. The first kappa shape index (κ1) is 17.3. The number of rotatable bonds is 3. The van der Waals surface area contributed by atoms with E-state index < -0.39 is 17.7 Å². The summed E-state index contributed by atoms with van der Waals surface area (Å²) in [4.78, 5) is 26.4. The molecule has 1 unspecified atom stereocenters. The van der Waals surface area contributed by atoms with Crippen molar-refractivity contribution in [1.82, 2.24) is 4.90 Å². The molecule has 23 heavy (non-hydrogen) atoms. The molecule has 1 fully saturated rings. The van der Waals surface area contributed by atoms with Gasteiger partial charge in [-0.2, -0.15) is 0 Å². The van der Waals surface area contributed by atoms with E-state index >= 15 is 0 Å². The Balaban J connectivity index is 2.07. The first-order valence-electron chi connectivity index (χ1n) is 8.20. The van der Waals surface area contributed by atoms with E-state index in [9.17, 15) is 9.59 Å². The number of anilines is 1. The first-order chi connectivity index (χ1) is 10.8. The van der Waals surface area contributed by atoms with Crippen LogP contribution in [-0.4, -0.2) is 35.1 Å². The Hall–Kier alpha value is -2.04. The number of likely N-dealkylation sites (tertiary alicyclic amines) is 1. The van der Waals surface area contributed by atoms with Gasteiger partial charge in [0, 0.05) is 12.2 Å². The van der Waals surface area contributed by atoms with Crippen LogP contribution < -0.4 is 5.32 Å². The van der Waals surface area contributed by atoms with Crippen LogP contribution in [-0.2, 0) is 16.0 Å². The van der Waals surface area contributed by atoms with Crippen molar-refractivity contribution < 1.29 is 14.3 Å². The van der Waals surface area contributed by atoms with E-state index in [4.69, 9.17) is 4.74 Å². The molecule has 1 aliphatic rings. The normalized spacial score (nSPS) is 17.9. The fourth-order valence-electron chi connectivity index (χ4n) is 2.74. The minimum Gasteiger partial charge on any atom is -0.444 e. The third kappa shape index (κ3) is 4.47. The van der Waals surface area contributed by atoms with Crippen LogP contribution in [0.5, 0.6) is 0 Å². The number of carbonyl (C=O) groups excluding carboxylic acids is 2. The second-order valence-corrected chi connectivity index (χ2v) is 6.83. The maximum Gasteiger partial charge on any atom is 0.410 e. The van der Waals surface area contributed by atoms with Gasteiger partial charge in [0.1, 0.15) is 11.6 Å². The number of aryl methyl sites for hydroxylation is 1. The molecule has 1 N–H and O–H groups in total. The molecule has 0 aliphatic carbocycles. The predicted molar refractivity (Wildman–Crippen MR) is 90.4 cm³/mol. The molecular formula is C18H26N2O3. The molecule has 1 aromatic rings. The summed E-state index contributed by atoms with van der Waals surface area (Å²) in [5, 5.41) is 2.96. The summed E-state index contributed by atoms with van der Waals surface area (Å²) in [5.41, 5.74) is 1.34. The van der Waals surface area contributed by atoms with Gasteiger partial charge < -0.3 is 10.1 Å². The summed E-state index contributed by atoms with van der Waals surface area (Å²) in [7, 11) is 0. The lowest BCUT2D eigenvalue weighted by atomic mass is 10.1. The molecule has 1 atom stereocenters. The lowest BCUT2D eigenvalue weighted by Gasteiger charge is -2.28. The van der Waals surface area contributed by atoms with Gasteiger partial charge in [-0.15, -0.1) is 0 Å². The molecule has 1 saturated heterocycles. The number of nitrogens with one attached hydrogen (secondary N) is 1. The van der Waals surface area contributed by atoms with E-state index in [-0.39, 0.29) is 5.91 Å². The summed E-state index contributed by atoms with van der Waals surface area (Å²) in [6.45, 7) is 8.09. The average Bonchev–Trinajstić information content (AvgIpc) is 2.95. The van der Waals surface area contributed by atoms with Gasteiger partial charge in [0.2, 0.25) is 5.91 Å². The largest absolute Gasteiger partial charge is 0.444 e. The Morgan fingerprint density at radius 3 is 2.65 bits per heavy atom. The maximum atomic E-state index is 12.6. The van der Waals surface area contributed by atoms with Crippen LogP contribution in [0.3, 0.4) is 0 Å². The van der Waals surface area contributed by atoms with Crippen LogP contribution in [0.2, 0.25) is 0 Å². The number of para-hydroxylation sites is 1. The highest BCUT2D eigenvalue weighted by atomic mass is 16.6. The van der Waals surface area contributed by atoms with E-state index in [1.165, 1.54) is 4.90 Å². The first-order valence-corrected chi connectivity index (χ1v) is 8.20. The molecule has 1 heterocycles. The highest BCUT2D eigenvalue weighted by molar-refractivity contribution is 5.97. The van der Waals surface area contributed by atoms with Crippen LogP contribution in [0.15, 0.2) is 24.3 Å². The zero-order valence-electron chi connectivity index (χ0n) is 14.4. The molecule has 1 aromatic carbocycles. The monoisotopic (exact) mass is 318 g/mol. The molecule has 0 radical (unpaired) electrons. The van der Waals surface area contributed by atoms with Crippen molar-refractivity contribution >= 4 is 17.7 Å². The number of ether oxygens (including phenoxy) is 1. The Bertz CT molecular complexity index is 578. The molecule has 0 spiro atoms. The van der Waals surface area contributed by atoms with Crippen molar-refractivity contribution in [2.45, 2.75) is 58.6 Å². The maximum absolute atomic E-state index is 12.6. The quantitative estimate of drug-likeness (QED) is 0.926. The smallest absolute Gasteiger partial charge is 0.410 e. The Morgan fingerprint density at radius 1 is 1.30 bits per heavy atom. The highest BCUT2D eigenvalue weighted by Crippen LogP contribution is 2.23. The standard InChI is InChI=1S/C18H26N2O3/c1-5-13-9-6-7-10-14(13)19-16(21)15-11-8-12-20(15)17(22)23-18(2,3)4/h6-7,9-10,15H,5,8,11-12H2,1-4H3,(H,19,21). The third-order valence-electron chi connectivity index (χ3n) is 3.84. The van der Waals surface area contributed by atoms with Gasteiger partial charge in [-0.1, -0.05) is 25.1 Å². The number of benzene rings is 1. The van der Waals surface area contributed by atoms with Gasteiger partial charge in [0.25, 0.3) is 0 Å². The Labute approximate surface area is 138 Å². The van der Waals surface area contributed by atoms with Crippen LogP contribution in [0, 0.1) is 0 Å². The van der Waals surface area contributed by atoms with Gasteiger partial charge in [-0.25, -0.2) is 4.79 Å². The number of amides is 2. The molecule has 0 saturated carbocycles. The predicted octanol–water partition coefficient (Wildman–Crippen LogP) is 3.59. The summed E-state index contributed by atoms with van der Waals surface area (Å²) in [6, 6.07) is 7.28. The number of nitrogens with zero attached hydrogens (tertiary/aromatic N) is 1. The van der Waals surface area contributed by atoms with Crippen molar-refractivity contribution in [3.63, 3.8) is 0 Å². The topological polar surface area (TPSA) is 58.6 Å². The van der Waals surface area contributed by atoms with Crippen molar-refractivity contribution in [2.75, 3.05) is 11.9 Å². The molecule has 5 heteroatoms. The second kappa shape index (κ2) is 7.02. The van der Waals surface area contributed by atoms with E-state index in [0.29, 0.717) is 13.0 Å². The second-order valence-electron chi connectivity index (χ2n) is 6.83. The molecule has 0 bridgehead atoms. The molecule has 0 aromatic heterocycles. The zero-order chi connectivity index (χ0) is 17.0. The molecule has 126 valence electrons.